The number of ketones is 1. The first-order valence-corrected chi connectivity index (χ1v) is 17.4. The summed E-state index contributed by atoms with van der Waals surface area (Å²) < 4.78 is 24.6. The van der Waals surface area contributed by atoms with Gasteiger partial charge in [-0.2, -0.15) is 0 Å². The van der Waals surface area contributed by atoms with Gasteiger partial charge >= 0.3 is 0 Å². The summed E-state index contributed by atoms with van der Waals surface area (Å²) >= 11 is 0. The van der Waals surface area contributed by atoms with Crippen molar-refractivity contribution in [3.05, 3.63) is 29.8 Å². The van der Waals surface area contributed by atoms with E-state index in [9.17, 15) is 4.79 Å². The topological polar surface area (TPSA) is 54.0 Å². The second kappa shape index (κ2) is 9.33. The van der Waals surface area contributed by atoms with Crippen LogP contribution in [0, 0.1) is 0 Å². The molecule has 5 nitrogen and oxygen atoms in total. The molecule has 0 spiro atoms. The van der Waals surface area contributed by atoms with E-state index in [1.165, 1.54) is 0 Å². The van der Waals surface area contributed by atoms with E-state index < -0.39 is 28.3 Å². The third kappa shape index (κ3) is 5.92. The summed E-state index contributed by atoms with van der Waals surface area (Å²) in [6, 6.07) is 7.82. The summed E-state index contributed by atoms with van der Waals surface area (Å²) in [6.07, 6.45) is -0.0842. The predicted octanol–water partition coefficient (Wildman–Crippen LogP) is 5.99. The number of benzene rings is 1. The van der Waals surface area contributed by atoms with Crippen LogP contribution in [0.25, 0.3) is 0 Å². The minimum atomic E-state index is -2.12. The predicted molar refractivity (Wildman–Crippen MR) is 136 cm³/mol. The van der Waals surface area contributed by atoms with Gasteiger partial charge < -0.3 is 18.3 Å². The zero-order valence-corrected chi connectivity index (χ0v) is 24.0. The SMILES string of the molecule is COc1ccc(C[C@]2(CO[Si](C)(C)C(C)(C)C)OC[C@@H](O[Si](C)(C)C(C)(C)C)C2=O)cc1. The number of carbonyl (C=O) groups is 1. The average Bonchev–Trinajstić information content (AvgIpc) is 2.95. The lowest BCUT2D eigenvalue weighted by Gasteiger charge is -2.39. The van der Waals surface area contributed by atoms with Crippen molar-refractivity contribution in [2.24, 2.45) is 0 Å². The maximum Gasteiger partial charge on any atom is 0.197 e. The highest BCUT2D eigenvalue weighted by Gasteiger charge is 2.54. The zero-order valence-electron chi connectivity index (χ0n) is 22.0. The molecule has 1 saturated heterocycles. The number of hydrogen-bond acceptors (Lipinski definition) is 5. The van der Waals surface area contributed by atoms with Gasteiger partial charge in [0, 0.05) is 6.42 Å². The van der Waals surface area contributed by atoms with Crippen molar-refractivity contribution in [3.8, 4) is 5.75 Å². The molecule has 0 aliphatic carbocycles. The largest absolute Gasteiger partial charge is 0.497 e. The number of rotatable bonds is 8. The average molecular weight is 481 g/mol. The first-order chi connectivity index (χ1) is 14.4. The maximum absolute atomic E-state index is 13.8. The van der Waals surface area contributed by atoms with Crippen LogP contribution in [0.2, 0.25) is 36.3 Å². The molecular formula is C25H44O5Si2. The normalized spacial score (nSPS) is 23.0. The minimum absolute atomic E-state index is 0.0110. The van der Waals surface area contributed by atoms with E-state index >= 15 is 0 Å². The van der Waals surface area contributed by atoms with Crippen molar-refractivity contribution in [1.82, 2.24) is 0 Å². The summed E-state index contributed by atoms with van der Waals surface area (Å²) in [5.41, 5.74) is -0.0112. The van der Waals surface area contributed by atoms with Gasteiger partial charge in [-0.3, -0.25) is 4.79 Å². The molecule has 0 radical (unpaired) electrons. The Morgan fingerprint density at radius 3 is 1.97 bits per heavy atom. The van der Waals surface area contributed by atoms with E-state index in [0.717, 1.165) is 11.3 Å². The van der Waals surface area contributed by atoms with Gasteiger partial charge in [0.15, 0.2) is 28.0 Å². The minimum Gasteiger partial charge on any atom is -0.497 e. The summed E-state index contributed by atoms with van der Waals surface area (Å²) in [5.74, 6) is 0.801. The molecule has 2 atom stereocenters. The molecule has 1 aliphatic heterocycles. The number of methoxy groups -OCH3 is 1. The Hall–Kier alpha value is -0.996. The molecular weight excluding hydrogens is 436 g/mol. The molecule has 7 heteroatoms. The van der Waals surface area contributed by atoms with Crippen molar-refractivity contribution in [3.63, 3.8) is 0 Å². The van der Waals surface area contributed by atoms with Gasteiger partial charge in [-0.25, -0.2) is 0 Å². The van der Waals surface area contributed by atoms with Crippen LogP contribution in [0.4, 0.5) is 0 Å². The fraction of sp³-hybridized carbons (Fsp3) is 0.720. The number of hydrogen-bond donors (Lipinski definition) is 0. The van der Waals surface area contributed by atoms with E-state index in [0.29, 0.717) is 6.42 Å². The molecule has 0 amide bonds. The van der Waals surface area contributed by atoms with Gasteiger partial charge in [0.25, 0.3) is 0 Å². The molecule has 0 unspecified atom stereocenters. The van der Waals surface area contributed by atoms with Gasteiger partial charge in [0.1, 0.15) is 11.9 Å². The van der Waals surface area contributed by atoms with Crippen molar-refractivity contribution in [2.75, 3.05) is 20.3 Å². The van der Waals surface area contributed by atoms with Crippen LogP contribution in [0.1, 0.15) is 47.1 Å². The monoisotopic (exact) mass is 480 g/mol. The van der Waals surface area contributed by atoms with Crippen molar-refractivity contribution >= 4 is 22.4 Å². The van der Waals surface area contributed by atoms with Gasteiger partial charge in [-0.1, -0.05) is 53.7 Å². The van der Waals surface area contributed by atoms with Crippen LogP contribution < -0.4 is 4.74 Å². The standard InChI is InChI=1S/C25H44O5Si2/c1-23(2,3)31(8,9)29-18-25(16-19-12-14-20(27-7)15-13-19)22(26)21(17-28-25)30-32(10,11)24(4,5)6/h12-15,21H,16-18H2,1-11H3/t21-,25-/m1/s1. The lowest BCUT2D eigenvalue weighted by molar-refractivity contribution is -0.137. The third-order valence-corrected chi connectivity index (χ3v) is 16.6. The molecule has 1 aromatic rings. The van der Waals surface area contributed by atoms with Gasteiger partial charge in [-0.05, 0) is 54.0 Å². The summed E-state index contributed by atoms with van der Waals surface area (Å²) in [4.78, 5) is 13.8. The van der Waals surface area contributed by atoms with E-state index in [4.69, 9.17) is 18.3 Å². The lowest BCUT2D eigenvalue weighted by atomic mass is 9.90. The smallest absolute Gasteiger partial charge is 0.197 e. The fourth-order valence-corrected chi connectivity index (χ4v) is 5.45. The second-order valence-electron chi connectivity index (χ2n) is 12.1. The first-order valence-electron chi connectivity index (χ1n) is 11.6. The molecule has 182 valence electrons. The van der Waals surface area contributed by atoms with Crippen LogP contribution >= 0.6 is 0 Å². The highest BCUT2D eigenvalue weighted by Crippen LogP contribution is 2.41. The van der Waals surface area contributed by atoms with E-state index in [1.54, 1.807) is 7.11 Å². The van der Waals surface area contributed by atoms with E-state index in [2.05, 4.69) is 67.7 Å². The zero-order chi connectivity index (χ0) is 24.6. The molecule has 0 bridgehead atoms. The van der Waals surface area contributed by atoms with Crippen LogP contribution in [0.5, 0.6) is 5.75 Å². The van der Waals surface area contributed by atoms with Crippen molar-refractivity contribution in [2.45, 2.75) is 95.9 Å². The Morgan fingerprint density at radius 2 is 1.50 bits per heavy atom. The molecule has 0 saturated carbocycles. The molecule has 0 N–H and O–H groups in total. The Kier molecular flexibility index (Phi) is 7.95. The van der Waals surface area contributed by atoms with Gasteiger partial charge in [0.2, 0.25) is 0 Å². The fourth-order valence-electron chi connectivity index (χ4n) is 3.18. The first kappa shape index (κ1) is 27.2. The number of Topliss-reactive ketones (excluding diaryl/α,β-unsaturated/α-hetero) is 1. The summed E-state index contributed by atoms with van der Waals surface area (Å²) in [7, 11) is -2.53. The lowest BCUT2D eigenvalue weighted by Crippen LogP contribution is -2.52. The third-order valence-electron chi connectivity index (χ3n) is 7.62. The maximum atomic E-state index is 13.8. The Bertz CT molecular complexity index is 790. The highest BCUT2D eigenvalue weighted by molar-refractivity contribution is 6.74. The highest BCUT2D eigenvalue weighted by atomic mass is 28.4. The van der Waals surface area contributed by atoms with Crippen LogP contribution in [-0.2, 0) is 24.8 Å². The number of carbonyl (C=O) groups excluding carboxylic acids is 1. The second-order valence-corrected chi connectivity index (χ2v) is 21.7. The molecule has 1 fully saturated rings. The van der Waals surface area contributed by atoms with Crippen molar-refractivity contribution in [1.29, 1.82) is 0 Å². The van der Waals surface area contributed by atoms with Crippen LogP contribution in [0.3, 0.4) is 0 Å². The molecule has 1 aromatic carbocycles. The van der Waals surface area contributed by atoms with Crippen molar-refractivity contribution < 1.29 is 23.1 Å². The Balaban J connectivity index is 2.32. The van der Waals surface area contributed by atoms with Crippen LogP contribution in [-0.4, -0.2) is 54.4 Å². The molecule has 1 heterocycles. The Labute approximate surface area is 197 Å². The van der Waals surface area contributed by atoms with E-state index in [-0.39, 0.29) is 29.1 Å². The van der Waals surface area contributed by atoms with Gasteiger partial charge in [-0.15, -0.1) is 0 Å². The number of ether oxygens (including phenoxy) is 2. The molecule has 1 aliphatic rings. The van der Waals surface area contributed by atoms with Gasteiger partial charge in [0.05, 0.1) is 20.3 Å². The van der Waals surface area contributed by atoms with Crippen LogP contribution in [0.15, 0.2) is 24.3 Å². The molecule has 32 heavy (non-hydrogen) atoms. The summed E-state index contributed by atoms with van der Waals surface area (Å²) in [6.45, 7) is 22.5. The van der Waals surface area contributed by atoms with E-state index in [1.807, 2.05) is 24.3 Å². The Morgan fingerprint density at radius 1 is 0.969 bits per heavy atom. The quantitative estimate of drug-likeness (QED) is 0.428. The molecule has 0 aromatic heterocycles. The summed E-state index contributed by atoms with van der Waals surface area (Å²) in [5, 5.41) is 0.0686. The molecule has 2 rings (SSSR count).